The van der Waals surface area contributed by atoms with Gasteiger partial charge in [-0.1, -0.05) is 11.6 Å². The molecule has 1 aliphatic rings. The maximum Gasteiger partial charge on any atom is 0.248 e. The first-order valence-electron chi connectivity index (χ1n) is 7.13. The molecule has 0 unspecified atom stereocenters. The number of anilines is 1. The minimum Gasteiger partial charge on any atom is -0.366 e. The van der Waals surface area contributed by atoms with Gasteiger partial charge in [-0.25, -0.2) is 4.98 Å². The zero-order valence-corrected chi connectivity index (χ0v) is 13.6. The van der Waals surface area contributed by atoms with Gasteiger partial charge in [0.05, 0.1) is 10.6 Å². The maximum absolute atomic E-state index is 12.1. The molecule has 0 saturated carbocycles. The Kier molecular flexibility index (Phi) is 5.06. The fourth-order valence-electron chi connectivity index (χ4n) is 2.11. The summed E-state index contributed by atoms with van der Waals surface area (Å²) in [5.74, 6) is 0.950. The van der Waals surface area contributed by atoms with E-state index in [-0.39, 0.29) is 18.1 Å². The topological polar surface area (TPSA) is 45.7 Å². The number of halogens is 1. The molecule has 1 saturated heterocycles. The van der Waals surface area contributed by atoms with Gasteiger partial charge < -0.3 is 14.5 Å². The zero-order chi connectivity index (χ0) is 15.5. The normalized spacial score (nSPS) is 16.2. The van der Waals surface area contributed by atoms with Crippen LogP contribution in [0.4, 0.5) is 5.82 Å². The highest BCUT2D eigenvalue weighted by atomic mass is 35.5. The van der Waals surface area contributed by atoms with Gasteiger partial charge in [-0.15, -0.1) is 0 Å². The number of amides is 1. The van der Waals surface area contributed by atoms with Crippen LogP contribution in [-0.4, -0.2) is 54.2 Å². The van der Waals surface area contributed by atoms with Crippen molar-refractivity contribution in [2.24, 2.45) is 0 Å². The summed E-state index contributed by atoms with van der Waals surface area (Å²) in [6.07, 6.45) is 1.64. The molecule has 0 radical (unpaired) electrons. The lowest BCUT2D eigenvalue weighted by Crippen LogP contribution is -2.50. The average Bonchev–Trinajstić information content (AvgIpc) is 2.45. The Morgan fingerprint density at radius 2 is 1.95 bits per heavy atom. The van der Waals surface area contributed by atoms with Crippen molar-refractivity contribution in [2.45, 2.75) is 26.4 Å². The van der Waals surface area contributed by atoms with Gasteiger partial charge in [0.2, 0.25) is 5.91 Å². The average molecular weight is 312 g/mol. The number of ether oxygens (including phenoxy) is 1. The van der Waals surface area contributed by atoms with Crippen LogP contribution in [-0.2, 0) is 9.53 Å². The van der Waals surface area contributed by atoms with E-state index in [1.165, 1.54) is 0 Å². The van der Waals surface area contributed by atoms with E-state index in [1.54, 1.807) is 6.20 Å². The molecule has 0 spiro atoms. The van der Waals surface area contributed by atoms with Crippen molar-refractivity contribution in [3.63, 3.8) is 0 Å². The van der Waals surface area contributed by atoms with E-state index in [1.807, 2.05) is 37.8 Å². The van der Waals surface area contributed by atoms with Crippen LogP contribution in [0.15, 0.2) is 18.3 Å². The molecule has 1 fully saturated rings. The summed E-state index contributed by atoms with van der Waals surface area (Å²) in [5.41, 5.74) is -0.287. The highest BCUT2D eigenvalue weighted by molar-refractivity contribution is 6.30. The summed E-state index contributed by atoms with van der Waals surface area (Å²) in [5, 5.41) is 0.631. The number of nitrogens with zero attached hydrogens (tertiary/aromatic N) is 3. The van der Waals surface area contributed by atoms with Crippen LogP contribution in [0.2, 0.25) is 5.02 Å². The second kappa shape index (κ2) is 6.62. The van der Waals surface area contributed by atoms with E-state index in [4.69, 9.17) is 16.3 Å². The van der Waals surface area contributed by atoms with E-state index in [9.17, 15) is 4.79 Å². The van der Waals surface area contributed by atoms with Crippen molar-refractivity contribution >= 4 is 23.3 Å². The Morgan fingerprint density at radius 1 is 1.29 bits per heavy atom. The van der Waals surface area contributed by atoms with Gasteiger partial charge >= 0.3 is 0 Å². The van der Waals surface area contributed by atoms with Crippen LogP contribution in [0.25, 0.3) is 0 Å². The Labute approximate surface area is 130 Å². The van der Waals surface area contributed by atoms with Crippen LogP contribution in [0.5, 0.6) is 0 Å². The predicted octanol–water partition coefficient (Wildman–Crippen LogP) is 2.20. The quantitative estimate of drug-likeness (QED) is 0.858. The largest absolute Gasteiger partial charge is 0.366 e. The van der Waals surface area contributed by atoms with E-state index in [0.717, 1.165) is 18.9 Å². The molecule has 1 aromatic rings. The smallest absolute Gasteiger partial charge is 0.248 e. The molecule has 1 aliphatic heterocycles. The van der Waals surface area contributed by atoms with Gasteiger partial charge in [-0.2, -0.15) is 0 Å². The van der Waals surface area contributed by atoms with Gasteiger partial charge in [-0.05, 0) is 32.9 Å². The summed E-state index contributed by atoms with van der Waals surface area (Å²) in [4.78, 5) is 20.4. The van der Waals surface area contributed by atoms with Crippen LogP contribution in [0, 0.1) is 0 Å². The SMILES string of the molecule is CC(C)(C)OCC(=O)N1CCN(c2ccc(Cl)cn2)CC1. The van der Waals surface area contributed by atoms with E-state index < -0.39 is 0 Å². The highest BCUT2D eigenvalue weighted by Crippen LogP contribution is 2.16. The zero-order valence-electron chi connectivity index (χ0n) is 12.8. The molecular weight excluding hydrogens is 290 g/mol. The van der Waals surface area contributed by atoms with Crippen molar-refractivity contribution in [3.05, 3.63) is 23.4 Å². The van der Waals surface area contributed by atoms with Crippen molar-refractivity contribution in [1.29, 1.82) is 0 Å². The Hall–Kier alpha value is -1.33. The van der Waals surface area contributed by atoms with Crippen LogP contribution < -0.4 is 4.90 Å². The number of aromatic nitrogens is 1. The van der Waals surface area contributed by atoms with E-state index in [2.05, 4.69) is 9.88 Å². The number of piperazine rings is 1. The number of rotatable bonds is 3. The molecule has 1 aromatic heterocycles. The lowest BCUT2D eigenvalue weighted by molar-refractivity contribution is -0.141. The third-order valence-electron chi connectivity index (χ3n) is 3.30. The molecule has 5 nitrogen and oxygen atoms in total. The fourth-order valence-corrected chi connectivity index (χ4v) is 2.22. The number of carbonyl (C=O) groups excluding carboxylic acids is 1. The maximum atomic E-state index is 12.1. The molecule has 0 bridgehead atoms. The van der Waals surface area contributed by atoms with Crippen molar-refractivity contribution in [1.82, 2.24) is 9.88 Å². The van der Waals surface area contributed by atoms with Gasteiger partial charge in [0.15, 0.2) is 0 Å². The molecule has 0 N–H and O–H groups in total. The lowest BCUT2D eigenvalue weighted by Gasteiger charge is -2.35. The van der Waals surface area contributed by atoms with Crippen LogP contribution in [0.1, 0.15) is 20.8 Å². The minimum atomic E-state index is -0.287. The van der Waals surface area contributed by atoms with E-state index in [0.29, 0.717) is 18.1 Å². The molecule has 0 aliphatic carbocycles. The first kappa shape index (κ1) is 16.0. The number of hydrogen-bond acceptors (Lipinski definition) is 4. The summed E-state index contributed by atoms with van der Waals surface area (Å²) in [7, 11) is 0. The molecule has 2 rings (SSSR count). The first-order chi connectivity index (χ1) is 9.85. The van der Waals surface area contributed by atoms with Gasteiger partial charge in [-0.3, -0.25) is 4.79 Å². The van der Waals surface area contributed by atoms with Gasteiger partial charge in [0.25, 0.3) is 0 Å². The standard InChI is InChI=1S/C15H22ClN3O2/c1-15(2,3)21-11-14(20)19-8-6-18(7-9-19)13-5-4-12(16)10-17-13/h4-5,10H,6-9,11H2,1-3H3. The van der Waals surface area contributed by atoms with Crippen LogP contribution >= 0.6 is 11.6 Å². The Balaban J connectivity index is 1.82. The number of pyridine rings is 1. The third kappa shape index (κ3) is 4.86. The Bertz CT molecular complexity index is 477. The molecule has 0 atom stereocenters. The van der Waals surface area contributed by atoms with Crippen molar-refractivity contribution < 1.29 is 9.53 Å². The molecule has 2 heterocycles. The fraction of sp³-hybridized carbons (Fsp3) is 0.600. The summed E-state index contributed by atoms with van der Waals surface area (Å²) >= 11 is 5.84. The number of hydrogen-bond donors (Lipinski definition) is 0. The first-order valence-corrected chi connectivity index (χ1v) is 7.51. The molecule has 116 valence electrons. The monoisotopic (exact) mass is 311 g/mol. The lowest BCUT2D eigenvalue weighted by atomic mass is 10.2. The summed E-state index contributed by atoms with van der Waals surface area (Å²) in [6.45, 7) is 8.92. The molecule has 6 heteroatoms. The predicted molar refractivity (Wildman–Crippen MR) is 83.7 cm³/mol. The summed E-state index contributed by atoms with van der Waals surface area (Å²) in [6, 6.07) is 3.74. The second-order valence-electron chi connectivity index (χ2n) is 6.10. The molecule has 0 aromatic carbocycles. The van der Waals surface area contributed by atoms with Crippen molar-refractivity contribution in [3.8, 4) is 0 Å². The van der Waals surface area contributed by atoms with Crippen LogP contribution in [0.3, 0.4) is 0 Å². The highest BCUT2D eigenvalue weighted by Gasteiger charge is 2.23. The van der Waals surface area contributed by atoms with E-state index >= 15 is 0 Å². The minimum absolute atomic E-state index is 0.0497. The summed E-state index contributed by atoms with van der Waals surface area (Å²) < 4.78 is 5.54. The number of carbonyl (C=O) groups is 1. The molecular formula is C15H22ClN3O2. The van der Waals surface area contributed by atoms with Crippen molar-refractivity contribution in [2.75, 3.05) is 37.7 Å². The van der Waals surface area contributed by atoms with Gasteiger partial charge in [0, 0.05) is 32.4 Å². The second-order valence-corrected chi connectivity index (χ2v) is 6.54. The molecule has 1 amide bonds. The van der Waals surface area contributed by atoms with Gasteiger partial charge in [0.1, 0.15) is 12.4 Å². The Morgan fingerprint density at radius 3 is 2.48 bits per heavy atom. The third-order valence-corrected chi connectivity index (χ3v) is 3.52. The molecule has 21 heavy (non-hydrogen) atoms.